The van der Waals surface area contributed by atoms with E-state index in [0.29, 0.717) is 12.8 Å². The van der Waals surface area contributed by atoms with Gasteiger partial charge in [-0.05, 0) is 38.5 Å². The van der Waals surface area contributed by atoms with Crippen molar-refractivity contribution >= 4 is 13.7 Å². The molecule has 0 aromatic heterocycles. The number of phosphoric acid groups is 1. The van der Waals surface area contributed by atoms with Gasteiger partial charge < -0.3 is 20.2 Å². The molecule has 41 heavy (non-hydrogen) atoms. The van der Waals surface area contributed by atoms with Crippen molar-refractivity contribution in [2.24, 2.45) is 0 Å². The lowest BCUT2D eigenvalue weighted by Crippen LogP contribution is -2.46. The van der Waals surface area contributed by atoms with Gasteiger partial charge in [0.25, 0.3) is 0 Å². The van der Waals surface area contributed by atoms with E-state index >= 15 is 0 Å². The summed E-state index contributed by atoms with van der Waals surface area (Å²) in [7, 11) is -4.68. The van der Waals surface area contributed by atoms with Gasteiger partial charge in [0.15, 0.2) is 0 Å². The Morgan fingerprint density at radius 1 is 0.683 bits per heavy atom. The summed E-state index contributed by atoms with van der Waals surface area (Å²) in [4.78, 5) is 30.7. The number of hydrogen-bond acceptors (Lipinski definition) is 4. The normalized spacial score (nSPS) is 13.6. The Kier molecular flexibility index (Phi) is 28.8. The van der Waals surface area contributed by atoms with Gasteiger partial charge in [0.05, 0.1) is 18.8 Å². The molecule has 4 N–H and O–H groups in total. The van der Waals surface area contributed by atoms with Crippen LogP contribution in [0.25, 0.3) is 0 Å². The highest BCUT2D eigenvalue weighted by Gasteiger charge is 2.25. The minimum absolute atomic E-state index is 0.205. The number of nitrogens with one attached hydrogen (secondary N) is 1. The minimum atomic E-state index is -4.68. The number of amides is 1. The standard InChI is InChI=1S/C33H66NO6P/c1-3-5-7-9-11-13-15-16-17-18-19-21-23-25-27-29-33(36)34-31(30-40-41(37,38)39)32(35)28-26-24-22-20-14-12-10-8-6-4-2/h16-17,31-32,35H,3-15,18-30H2,1-2H3,(H,34,36)(H2,37,38,39)/b17-16+/t31-,32+/m0/s1. The molecule has 1 amide bonds. The summed E-state index contributed by atoms with van der Waals surface area (Å²) in [5.41, 5.74) is 0. The molecule has 0 aliphatic rings. The van der Waals surface area contributed by atoms with E-state index < -0.39 is 26.6 Å². The Morgan fingerprint density at radius 2 is 1.10 bits per heavy atom. The average Bonchev–Trinajstić information content (AvgIpc) is 2.93. The maximum atomic E-state index is 12.5. The predicted molar refractivity (Wildman–Crippen MR) is 172 cm³/mol. The van der Waals surface area contributed by atoms with Gasteiger partial charge >= 0.3 is 7.82 Å². The van der Waals surface area contributed by atoms with Gasteiger partial charge in [0, 0.05) is 6.42 Å². The molecule has 7 nitrogen and oxygen atoms in total. The third-order valence-corrected chi connectivity index (χ3v) is 8.24. The van der Waals surface area contributed by atoms with Crippen molar-refractivity contribution in [3.63, 3.8) is 0 Å². The first-order valence-electron chi connectivity index (χ1n) is 17.1. The number of carbonyl (C=O) groups is 1. The van der Waals surface area contributed by atoms with Gasteiger partial charge in [0.2, 0.25) is 5.91 Å². The highest BCUT2D eigenvalue weighted by Crippen LogP contribution is 2.36. The zero-order chi connectivity index (χ0) is 30.4. The molecule has 0 aromatic rings. The van der Waals surface area contributed by atoms with E-state index in [1.807, 2.05) is 0 Å². The molecule has 0 aromatic carbocycles. The molecule has 0 aliphatic heterocycles. The van der Waals surface area contributed by atoms with Crippen LogP contribution in [0.3, 0.4) is 0 Å². The summed E-state index contributed by atoms with van der Waals surface area (Å²) < 4.78 is 15.8. The highest BCUT2D eigenvalue weighted by atomic mass is 31.2. The topological polar surface area (TPSA) is 116 Å². The van der Waals surface area contributed by atoms with Crippen LogP contribution >= 0.6 is 7.82 Å². The second kappa shape index (κ2) is 29.4. The molecule has 0 bridgehead atoms. The van der Waals surface area contributed by atoms with Crippen LogP contribution in [-0.4, -0.2) is 39.6 Å². The van der Waals surface area contributed by atoms with Crippen LogP contribution in [0, 0.1) is 0 Å². The summed E-state index contributed by atoms with van der Waals surface area (Å²) in [6.45, 7) is 4.07. The van der Waals surface area contributed by atoms with E-state index in [1.54, 1.807) is 0 Å². The molecule has 0 spiro atoms. The molecule has 0 radical (unpaired) electrons. The number of aliphatic hydroxyl groups excluding tert-OH is 1. The maximum Gasteiger partial charge on any atom is 0.469 e. The molecule has 0 rings (SSSR count). The lowest BCUT2D eigenvalue weighted by atomic mass is 10.0. The van der Waals surface area contributed by atoms with E-state index in [4.69, 9.17) is 9.79 Å². The molecular formula is C33H66NO6P. The van der Waals surface area contributed by atoms with Crippen LogP contribution in [0.1, 0.15) is 174 Å². The van der Waals surface area contributed by atoms with Crippen LogP contribution in [0.4, 0.5) is 0 Å². The van der Waals surface area contributed by atoms with Gasteiger partial charge in [-0.25, -0.2) is 4.57 Å². The van der Waals surface area contributed by atoms with Crippen molar-refractivity contribution in [3.8, 4) is 0 Å². The second-order valence-corrected chi connectivity index (χ2v) is 13.1. The summed E-state index contributed by atoms with van der Waals surface area (Å²) in [5.74, 6) is -0.205. The van der Waals surface area contributed by atoms with Crippen molar-refractivity contribution in [3.05, 3.63) is 12.2 Å². The van der Waals surface area contributed by atoms with Gasteiger partial charge in [0.1, 0.15) is 0 Å². The smallest absolute Gasteiger partial charge is 0.391 e. The first-order chi connectivity index (χ1) is 19.8. The molecule has 2 atom stereocenters. The third-order valence-electron chi connectivity index (χ3n) is 7.75. The number of phosphoric ester groups is 1. The summed E-state index contributed by atoms with van der Waals surface area (Å²) in [6.07, 6.45) is 31.9. The summed E-state index contributed by atoms with van der Waals surface area (Å²) >= 11 is 0. The Hall–Kier alpha value is -0.720. The van der Waals surface area contributed by atoms with E-state index in [1.165, 1.54) is 96.3 Å². The van der Waals surface area contributed by atoms with Crippen LogP contribution in [0.5, 0.6) is 0 Å². The number of rotatable bonds is 31. The Labute approximate surface area is 252 Å². The zero-order valence-electron chi connectivity index (χ0n) is 26.7. The van der Waals surface area contributed by atoms with Crippen LogP contribution in [-0.2, 0) is 13.9 Å². The molecule has 0 saturated heterocycles. The molecule has 0 heterocycles. The number of allylic oxidation sites excluding steroid dienone is 2. The first-order valence-corrected chi connectivity index (χ1v) is 18.7. The molecular weight excluding hydrogens is 537 g/mol. The van der Waals surface area contributed by atoms with E-state index in [0.717, 1.165) is 51.4 Å². The van der Waals surface area contributed by atoms with Crippen molar-refractivity contribution < 1.29 is 28.8 Å². The summed E-state index contributed by atoms with van der Waals surface area (Å²) in [5, 5.41) is 13.4. The Balaban J connectivity index is 4.02. The predicted octanol–water partition coefficient (Wildman–Crippen LogP) is 9.29. The van der Waals surface area contributed by atoms with Gasteiger partial charge in [-0.3, -0.25) is 9.32 Å². The Bertz CT molecular complexity index is 654. The highest BCUT2D eigenvalue weighted by molar-refractivity contribution is 7.46. The molecule has 0 unspecified atom stereocenters. The first kappa shape index (κ1) is 40.3. The van der Waals surface area contributed by atoms with Crippen molar-refractivity contribution in [1.29, 1.82) is 0 Å². The summed E-state index contributed by atoms with van der Waals surface area (Å²) in [6, 6.07) is -0.822. The van der Waals surface area contributed by atoms with Crippen molar-refractivity contribution in [1.82, 2.24) is 5.32 Å². The lowest BCUT2D eigenvalue weighted by molar-refractivity contribution is -0.123. The maximum absolute atomic E-state index is 12.5. The van der Waals surface area contributed by atoms with Crippen molar-refractivity contribution in [2.45, 2.75) is 187 Å². The molecule has 8 heteroatoms. The van der Waals surface area contributed by atoms with E-state index in [-0.39, 0.29) is 5.91 Å². The number of unbranched alkanes of at least 4 members (excludes halogenated alkanes) is 20. The largest absolute Gasteiger partial charge is 0.469 e. The number of carbonyl (C=O) groups excluding carboxylic acids is 1. The fourth-order valence-corrected chi connectivity index (χ4v) is 5.46. The molecule has 0 saturated carbocycles. The minimum Gasteiger partial charge on any atom is -0.391 e. The molecule has 0 aliphatic carbocycles. The van der Waals surface area contributed by atoms with Crippen molar-refractivity contribution in [2.75, 3.05) is 6.61 Å². The van der Waals surface area contributed by atoms with Crippen LogP contribution in [0.2, 0.25) is 0 Å². The third kappa shape index (κ3) is 30.5. The van der Waals surface area contributed by atoms with Crippen LogP contribution in [0.15, 0.2) is 12.2 Å². The fourth-order valence-electron chi connectivity index (χ4n) is 5.10. The monoisotopic (exact) mass is 603 g/mol. The molecule has 244 valence electrons. The van der Waals surface area contributed by atoms with Gasteiger partial charge in [-0.15, -0.1) is 0 Å². The fraction of sp³-hybridized carbons (Fsp3) is 0.909. The SMILES string of the molecule is CCCCCCCC/C=C/CCCCCCCC(=O)N[C@@H](COP(=O)(O)O)[C@H](O)CCCCCCCCCCCC. The van der Waals surface area contributed by atoms with E-state index in [9.17, 15) is 14.5 Å². The van der Waals surface area contributed by atoms with Crippen LogP contribution < -0.4 is 5.32 Å². The average molecular weight is 604 g/mol. The number of aliphatic hydroxyl groups is 1. The Morgan fingerprint density at radius 3 is 1.56 bits per heavy atom. The quantitative estimate of drug-likeness (QED) is 0.0356. The zero-order valence-corrected chi connectivity index (χ0v) is 27.6. The molecule has 0 fully saturated rings. The van der Waals surface area contributed by atoms with Gasteiger partial charge in [-0.1, -0.05) is 142 Å². The second-order valence-electron chi connectivity index (χ2n) is 11.8. The van der Waals surface area contributed by atoms with Gasteiger partial charge in [-0.2, -0.15) is 0 Å². The lowest BCUT2D eigenvalue weighted by Gasteiger charge is -2.24. The number of hydrogen-bond donors (Lipinski definition) is 4. The van der Waals surface area contributed by atoms with E-state index in [2.05, 4.69) is 35.8 Å².